The minimum atomic E-state index is -0.879. The van der Waals surface area contributed by atoms with Crippen molar-refractivity contribution in [1.29, 1.82) is 0 Å². The van der Waals surface area contributed by atoms with Crippen LogP contribution < -0.4 is 5.32 Å². The van der Waals surface area contributed by atoms with Gasteiger partial charge in [-0.3, -0.25) is 10.1 Å². The Kier molecular flexibility index (Phi) is 3.91. The number of carbonyl (C=O) groups is 1. The van der Waals surface area contributed by atoms with Crippen LogP contribution >= 0.6 is 0 Å². The number of aromatic hydroxyl groups is 2. The number of nitrogens with one attached hydrogen (secondary N) is 1. The Morgan fingerprint density at radius 3 is 2.21 bits per heavy atom. The predicted octanol–water partition coefficient (Wildman–Crippen LogP) is 3.89. The van der Waals surface area contributed by atoms with Crippen LogP contribution in [0.25, 0.3) is 11.3 Å². The Balaban J connectivity index is 1.95. The van der Waals surface area contributed by atoms with E-state index in [4.69, 9.17) is 4.42 Å². The van der Waals surface area contributed by atoms with E-state index < -0.39 is 34.9 Å². The molecule has 0 atom stereocenters. The van der Waals surface area contributed by atoms with Gasteiger partial charge >= 0.3 is 0 Å². The predicted molar refractivity (Wildman–Crippen MR) is 81.8 cm³/mol. The molecule has 0 aliphatic carbocycles. The van der Waals surface area contributed by atoms with Crippen LogP contribution in [0.3, 0.4) is 0 Å². The van der Waals surface area contributed by atoms with Gasteiger partial charge in [-0.15, -0.1) is 0 Å². The minimum Gasteiger partial charge on any atom is -0.502 e. The largest absolute Gasteiger partial charge is 0.502 e. The molecule has 0 bridgehead atoms. The lowest BCUT2D eigenvalue weighted by Crippen LogP contribution is -2.11. The lowest BCUT2D eigenvalue weighted by molar-refractivity contribution is 0.102. The number of anilines is 1. The molecule has 0 unspecified atom stereocenters. The summed E-state index contributed by atoms with van der Waals surface area (Å²) in [5.41, 5.74) is 0.173. The first kappa shape index (κ1) is 15.5. The Bertz CT molecular complexity index is 886. The molecular formula is C17H11F2NO4. The summed E-state index contributed by atoms with van der Waals surface area (Å²) in [5, 5.41) is 22.0. The third-order valence-electron chi connectivity index (χ3n) is 3.25. The van der Waals surface area contributed by atoms with Gasteiger partial charge in [0.2, 0.25) is 17.4 Å². The topological polar surface area (TPSA) is 82.7 Å². The minimum absolute atomic E-state index is 0.125. The fourth-order valence-electron chi connectivity index (χ4n) is 2.14. The molecule has 1 amide bonds. The molecule has 0 spiro atoms. The lowest BCUT2D eigenvalue weighted by Gasteiger charge is -2.02. The summed E-state index contributed by atoms with van der Waals surface area (Å²) in [7, 11) is 0. The summed E-state index contributed by atoms with van der Waals surface area (Å²) in [6, 6.07) is 10.6. The quantitative estimate of drug-likeness (QED) is 0.680. The van der Waals surface area contributed by atoms with Gasteiger partial charge in [0.05, 0.1) is 0 Å². The second kappa shape index (κ2) is 6.04. The number of amides is 1. The van der Waals surface area contributed by atoms with Crippen molar-refractivity contribution in [2.45, 2.75) is 0 Å². The second-order valence-electron chi connectivity index (χ2n) is 4.94. The molecule has 0 aliphatic heterocycles. The van der Waals surface area contributed by atoms with E-state index in [0.29, 0.717) is 11.6 Å². The molecule has 0 radical (unpaired) electrons. The van der Waals surface area contributed by atoms with Crippen molar-refractivity contribution in [3.8, 4) is 22.8 Å². The van der Waals surface area contributed by atoms with Crippen molar-refractivity contribution >= 4 is 11.8 Å². The maximum atomic E-state index is 13.3. The van der Waals surface area contributed by atoms with E-state index in [1.807, 2.05) is 0 Å². The lowest BCUT2D eigenvalue weighted by atomic mass is 10.1. The number of hydrogen-bond donors (Lipinski definition) is 3. The van der Waals surface area contributed by atoms with Gasteiger partial charge in [0.1, 0.15) is 11.6 Å². The molecule has 0 fully saturated rings. The first-order chi connectivity index (χ1) is 11.5. The third-order valence-corrected chi connectivity index (χ3v) is 3.25. The van der Waals surface area contributed by atoms with Gasteiger partial charge in [0.25, 0.3) is 5.91 Å². The van der Waals surface area contributed by atoms with Gasteiger partial charge in [-0.05, 0) is 24.3 Å². The molecule has 3 rings (SSSR count). The van der Waals surface area contributed by atoms with Gasteiger partial charge in [-0.25, -0.2) is 8.78 Å². The van der Waals surface area contributed by atoms with Crippen molar-refractivity contribution in [1.82, 2.24) is 0 Å². The second-order valence-corrected chi connectivity index (χ2v) is 4.94. The zero-order chi connectivity index (χ0) is 17.3. The van der Waals surface area contributed by atoms with E-state index in [-0.39, 0.29) is 11.3 Å². The summed E-state index contributed by atoms with van der Waals surface area (Å²) in [6.07, 6.45) is 0. The highest BCUT2D eigenvalue weighted by Crippen LogP contribution is 2.45. The van der Waals surface area contributed by atoms with E-state index in [0.717, 1.165) is 12.1 Å². The van der Waals surface area contributed by atoms with Crippen molar-refractivity contribution in [2.24, 2.45) is 0 Å². The summed E-state index contributed by atoms with van der Waals surface area (Å²) in [6.45, 7) is 0. The van der Waals surface area contributed by atoms with E-state index in [1.54, 1.807) is 18.2 Å². The summed E-state index contributed by atoms with van der Waals surface area (Å²) < 4.78 is 31.7. The molecule has 5 nitrogen and oxygen atoms in total. The SMILES string of the molecule is O=C(Nc1oc(-c2cc(F)cc(F)c2)c(O)c1O)c1ccccc1. The highest BCUT2D eigenvalue weighted by Gasteiger charge is 2.23. The van der Waals surface area contributed by atoms with Crippen LogP contribution in [0.5, 0.6) is 11.5 Å². The molecule has 0 saturated heterocycles. The summed E-state index contributed by atoms with van der Waals surface area (Å²) in [4.78, 5) is 12.0. The van der Waals surface area contributed by atoms with Gasteiger partial charge in [-0.1, -0.05) is 18.2 Å². The van der Waals surface area contributed by atoms with Gasteiger partial charge in [0, 0.05) is 17.2 Å². The number of carbonyl (C=O) groups excluding carboxylic acids is 1. The van der Waals surface area contributed by atoms with Crippen molar-refractivity contribution in [3.63, 3.8) is 0 Å². The van der Waals surface area contributed by atoms with Crippen LogP contribution in [-0.2, 0) is 0 Å². The molecule has 1 heterocycles. The van der Waals surface area contributed by atoms with Gasteiger partial charge in [0.15, 0.2) is 5.76 Å². The number of benzene rings is 2. The Morgan fingerprint density at radius 2 is 1.58 bits per heavy atom. The van der Waals surface area contributed by atoms with Crippen LogP contribution in [-0.4, -0.2) is 16.1 Å². The monoisotopic (exact) mass is 331 g/mol. The smallest absolute Gasteiger partial charge is 0.258 e. The number of hydrogen-bond acceptors (Lipinski definition) is 4. The maximum Gasteiger partial charge on any atom is 0.258 e. The first-order valence-electron chi connectivity index (χ1n) is 6.83. The van der Waals surface area contributed by atoms with E-state index >= 15 is 0 Å². The Morgan fingerprint density at radius 1 is 0.958 bits per heavy atom. The normalized spacial score (nSPS) is 10.6. The fraction of sp³-hybridized carbons (Fsp3) is 0. The van der Waals surface area contributed by atoms with E-state index in [1.165, 1.54) is 12.1 Å². The fourth-order valence-corrected chi connectivity index (χ4v) is 2.14. The van der Waals surface area contributed by atoms with E-state index in [2.05, 4.69) is 5.32 Å². The van der Waals surface area contributed by atoms with Gasteiger partial charge < -0.3 is 14.6 Å². The molecule has 0 saturated carbocycles. The molecular weight excluding hydrogens is 320 g/mol. The molecule has 7 heteroatoms. The number of furan rings is 1. The van der Waals surface area contributed by atoms with Crippen LogP contribution in [0.1, 0.15) is 10.4 Å². The molecule has 1 aromatic heterocycles. The molecule has 3 N–H and O–H groups in total. The molecule has 0 aliphatic rings. The molecule has 3 aromatic rings. The molecule has 24 heavy (non-hydrogen) atoms. The van der Waals surface area contributed by atoms with Crippen LogP contribution in [0.4, 0.5) is 14.7 Å². The van der Waals surface area contributed by atoms with Gasteiger partial charge in [-0.2, -0.15) is 0 Å². The number of rotatable bonds is 3. The standard InChI is InChI=1S/C17H11F2NO4/c18-11-6-10(7-12(19)8-11)15-13(21)14(22)17(24-15)20-16(23)9-4-2-1-3-5-9/h1-8,21-22H,(H,20,23). The zero-order valence-corrected chi connectivity index (χ0v) is 12.1. The van der Waals surface area contributed by atoms with Crippen molar-refractivity contribution in [2.75, 3.05) is 5.32 Å². The average Bonchev–Trinajstić information content (AvgIpc) is 2.83. The zero-order valence-electron chi connectivity index (χ0n) is 12.1. The maximum absolute atomic E-state index is 13.3. The first-order valence-corrected chi connectivity index (χ1v) is 6.83. The molecule has 122 valence electrons. The Labute approximate surface area is 134 Å². The summed E-state index contributed by atoms with van der Waals surface area (Å²) in [5.74, 6) is -4.61. The summed E-state index contributed by atoms with van der Waals surface area (Å²) >= 11 is 0. The molecule has 2 aromatic carbocycles. The third kappa shape index (κ3) is 2.91. The Hall–Kier alpha value is -3.35. The average molecular weight is 331 g/mol. The van der Waals surface area contributed by atoms with Crippen LogP contribution in [0.15, 0.2) is 52.9 Å². The van der Waals surface area contributed by atoms with Crippen molar-refractivity contribution in [3.05, 3.63) is 65.7 Å². The van der Waals surface area contributed by atoms with Crippen LogP contribution in [0, 0.1) is 11.6 Å². The van der Waals surface area contributed by atoms with Crippen molar-refractivity contribution < 1.29 is 28.2 Å². The number of halogens is 2. The van der Waals surface area contributed by atoms with E-state index in [9.17, 15) is 23.8 Å². The highest BCUT2D eigenvalue weighted by atomic mass is 19.1. The highest BCUT2D eigenvalue weighted by molar-refractivity contribution is 6.04. The van der Waals surface area contributed by atoms with Crippen LogP contribution in [0.2, 0.25) is 0 Å².